The van der Waals surface area contributed by atoms with Crippen LogP contribution >= 0.6 is 23.2 Å². The maximum atomic E-state index is 13.4. The van der Waals surface area contributed by atoms with E-state index in [0.717, 1.165) is 48.1 Å². The number of amides is 1. The van der Waals surface area contributed by atoms with Crippen LogP contribution in [0, 0.1) is 0 Å². The van der Waals surface area contributed by atoms with E-state index >= 15 is 0 Å². The van der Waals surface area contributed by atoms with Gasteiger partial charge in [-0.15, -0.1) is 0 Å². The number of aromatic nitrogens is 1. The normalized spacial score (nSPS) is 14.5. The van der Waals surface area contributed by atoms with E-state index in [9.17, 15) is 9.59 Å². The summed E-state index contributed by atoms with van der Waals surface area (Å²) in [4.78, 5) is 33.2. The molecule has 1 aliphatic rings. The number of para-hydroxylation sites is 1. The predicted molar refractivity (Wildman–Crippen MR) is 131 cm³/mol. The third-order valence-corrected chi connectivity index (χ3v) is 6.45. The van der Waals surface area contributed by atoms with Crippen molar-refractivity contribution in [1.29, 1.82) is 0 Å². The van der Waals surface area contributed by atoms with Crippen LogP contribution in [0.25, 0.3) is 10.9 Å². The molecule has 0 spiro atoms. The number of anilines is 1. The summed E-state index contributed by atoms with van der Waals surface area (Å²) in [6.45, 7) is 6.17. The summed E-state index contributed by atoms with van der Waals surface area (Å²) in [7, 11) is 0. The highest BCUT2D eigenvalue weighted by Crippen LogP contribution is 2.29. The van der Waals surface area contributed by atoms with Crippen LogP contribution < -0.4 is 5.32 Å². The average molecular weight is 486 g/mol. The van der Waals surface area contributed by atoms with Gasteiger partial charge in [0.1, 0.15) is 0 Å². The van der Waals surface area contributed by atoms with Crippen LogP contribution in [0.4, 0.5) is 5.69 Å². The van der Waals surface area contributed by atoms with E-state index in [1.807, 2.05) is 24.3 Å². The molecular weight excluding hydrogens is 461 g/mol. The van der Waals surface area contributed by atoms with E-state index < -0.39 is 18.0 Å². The number of benzene rings is 2. The lowest BCUT2D eigenvalue weighted by atomic mass is 9.95. The monoisotopic (exact) mass is 485 g/mol. The van der Waals surface area contributed by atoms with Crippen LogP contribution in [0.1, 0.15) is 41.9 Å². The summed E-state index contributed by atoms with van der Waals surface area (Å²) < 4.78 is 5.64. The SMILES string of the molecule is CCCN1CCc2nc3ccccc3c(C(=O)OC(C)C(=O)Nc3ccc(Cl)c(Cl)c3)c2C1. The molecule has 2 aromatic carbocycles. The fraction of sp³-hybridized carbons (Fsp3) is 0.320. The number of carbonyl (C=O) groups excluding carboxylic acids is 2. The van der Waals surface area contributed by atoms with Gasteiger partial charge in [-0.25, -0.2) is 4.79 Å². The fourth-order valence-corrected chi connectivity index (χ4v) is 4.38. The molecule has 4 rings (SSSR count). The molecule has 1 unspecified atom stereocenters. The summed E-state index contributed by atoms with van der Waals surface area (Å²) in [6, 6.07) is 12.3. The molecule has 0 saturated heterocycles. The van der Waals surface area contributed by atoms with E-state index in [1.54, 1.807) is 25.1 Å². The van der Waals surface area contributed by atoms with Gasteiger partial charge in [0, 0.05) is 41.8 Å². The lowest BCUT2D eigenvalue weighted by Crippen LogP contribution is -2.34. The van der Waals surface area contributed by atoms with Crippen LogP contribution in [-0.2, 0) is 22.5 Å². The van der Waals surface area contributed by atoms with Crippen molar-refractivity contribution in [2.24, 2.45) is 0 Å². The Balaban J connectivity index is 1.60. The third kappa shape index (κ3) is 5.13. The Morgan fingerprint density at radius 3 is 2.73 bits per heavy atom. The Morgan fingerprint density at radius 1 is 1.18 bits per heavy atom. The number of pyridine rings is 1. The van der Waals surface area contributed by atoms with Crippen molar-refractivity contribution in [2.45, 2.75) is 39.3 Å². The van der Waals surface area contributed by atoms with Gasteiger partial charge in [-0.05, 0) is 44.2 Å². The highest BCUT2D eigenvalue weighted by Gasteiger charge is 2.28. The molecule has 8 heteroatoms. The first-order chi connectivity index (χ1) is 15.9. The van der Waals surface area contributed by atoms with E-state index in [4.69, 9.17) is 32.9 Å². The second kappa shape index (κ2) is 10.1. The van der Waals surface area contributed by atoms with Crippen LogP contribution in [0.5, 0.6) is 0 Å². The zero-order chi connectivity index (χ0) is 23.5. The molecule has 3 aromatic rings. The minimum atomic E-state index is -1.01. The van der Waals surface area contributed by atoms with Gasteiger partial charge in [-0.2, -0.15) is 0 Å². The average Bonchev–Trinajstić information content (AvgIpc) is 2.80. The Hall–Kier alpha value is -2.67. The predicted octanol–water partition coefficient (Wildman–Crippen LogP) is 5.49. The number of hydrogen-bond acceptors (Lipinski definition) is 5. The van der Waals surface area contributed by atoms with E-state index in [-0.39, 0.29) is 0 Å². The number of halogens is 2. The maximum Gasteiger partial charge on any atom is 0.339 e. The van der Waals surface area contributed by atoms with Crippen molar-refractivity contribution in [2.75, 3.05) is 18.4 Å². The smallest absolute Gasteiger partial charge is 0.339 e. The quantitative estimate of drug-likeness (QED) is 0.467. The minimum absolute atomic E-state index is 0.325. The molecule has 0 fully saturated rings. The van der Waals surface area contributed by atoms with Crippen LogP contribution in [-0.4, -0.2) is 41.0 Å². The Labute approximate surface area is 202 Å². The zero-order valence-corrected chi connectivity index (χ0v) is 20.0. The Morgan fingerprint density at radius 2 is 1.97 bits per heavy atom. The van der Waals surface area contributed by atoms with Gasteiger partial charge in [-0.1, -0.05) is 48.3 Å². The summed E-state index contributed by atoms with van der Waals surface area (Å²) in [5.41, 5.74) is 3.52. The number of ether oxygens (including phenoxy) is 1. The van der Waals surface area contributed by atoms with Crippen molar-refractivity contribution in [1.82, 2.24) is 9.88 Å². The zero-order valence-electron chi connectivity index (χ0n) is 18.5. The molecule has 1 amide bonds. The molecule has 33 heavy (non-hydrogen) atoms. The van der Waals surface area contributed by atoms with E-state index in [2.05, 4.69) is 17.1 Å². The molecule has 2 heterocycles. The Bertz CT molecular complexity index is 1210. The van der Waals surface area contributed by atoms with Gasteiger partial charge in [0.2, 0.25) is 0 Å². The molecule has 1 atom stereocenters. The molecule has 172 valence electrons. The van der Waals surface area contributed by atoms with Gasteiger partial charge in [0.25, 0.3) is 5.91 Å². The van der Waals surface area contributed by atoms with Crippen LogP contribution in [0.2, 0.25) is 10.0 Å². The van der Waals surface area contributed by atoms with Crippen molar-refractivity contribution < 1.29 is 14.3 Å². The van der Waals surface area contributed by atoms with Crippen molar-refractivity contribution in [3.05, 3.63) is 69.3 Å². The van der Waals surface area contributed by atoms with Crippen molar-refractivity contribution >= 4 is 51.7 Å². The van der Waals surface area contributed by atoms with Gasteiger partial charge in [0.05, 0.1) is 21.1 Å². The van der Waals surface area contributed by atoms with Gasteiger partial charge in [-0.3, -0.25) is 14.7 Å². The summed E-state index contributed by atoms with van der Waals surface area (Å²) in [5.74, 6) is -0.985. The van der Waals surface area contributed by atoms with E-state index in [1.165, 1.54) is 0 Å². The first-order valence-corrected chi connectivity index (χ1v) is 11.7. The second-order valence-electron chi connectivity index (χ2n) is 8.12. The number of hydrogen-bond donors (Lipinski definition) is 1. The molecule has 0 saturated carbocycles. The molecule has 1 aliphatic heterocycles. The third-order valence-electron chi connectivity index (χ3n) is 5.71. The molecule has 6 nitrogen and oxygen atoms in total. The summed E-state index contributed by atoms with van der Waals surface area (Å²) in [6.07, 6.45) is 0.792. The first kappa shape index (κ1) is 23.5. The second-order valence-corrected chi connectivity index (χ2v) is 8.94. The molecule has 0 radical (unpaired) electrons. The van der Waals surface area contributed by atoms with Crippen LogP contribution in [0.15, 0.2) is 42.5 Å². The topological polar surface area (TPSA) is 71.5 Å². The lowest BCUT2D eigenvalue weighted by molar-refractivity contribution is -0.123. The molecular formula is C25H25Cl2N3O3. The molecule has 1 aromatic heterocycles. The molecule has 0 bridgehead atoms. The Kier molecular flexibility index (Phi) is 7.17. The number of nitrogens with one attached hydrogen (secondary N) is 1. The standard InChI is InChI=1S/C25H25Cl2N3O3/c1-3-11-30-12-10-22-18(14-30)23(17-6-4-5-7-21(17)29-22)25(32)33-15(2)24(31)28-16-8-9-19(26)20(27)13-16/h4-9,13,15H,3,10-12,14H2,1-2H3,(H,28,31). The minimum Gasteiger partial charge on any atom is -0.449 e. The van der Waals surface area contributed by atoms with Crippen molar-refractivity contribution in [3.8, 4) is 0 Å². The van der Waals surface area contributed by atoms with Gasteiger partial charge < -0.3 is 10.1 Å². The number of fused-ring (bicyclic) bond motifs is 2. The first-order valence-electron chi connectivity index (χ1n) is 11.0. The van der Waals surface area contributed by atoms with E-state index in [0.29, 0.717) is 27.8 Å². The van der Waals surface area contributed by atoms with Gasteiger partial charge in [0.15, 0.2) is 6.10 Å². The number of carbonyl (C=O) groups is 2. The highest BCUT2D eigenvalue weighted by atomic mass is 35.5. The largest absolute Gasteiger partial charge is 0.449 e. The highest BCUT2D eigenvalue weighted by molar-refractivity contribution is 6.42. The van der Waals surface area contributed by atoms with Gasteiger partial charge >= 0.3 is 5.97 Å². The maximum absolute atomic E-state index is 13.4. The number of esters is 1. The number of nitrogens with zero attached hydrogens (tertiary/aromatic N) is 2. The number of rotatable bonds is 6. The van der Waals surface area contributed by atoms with Crippen molar-refractivity contribution in [3.63, 3.8) is 0 Å². The summed E-state index contributed by atoms with van der Waals surface area (Å²) in [5, 5.41) is 4.16. The summed E-state index contributed by atoms with van der Waals surface area (Å²) >= 11 is 11.9. The molecule has 0 aliphatic carbocycles. The lowest BCUT2D eigenvalue weighted by Gasteiger charge is -2.29. The fourth-order valence-electron chi connectivity index (χ4n) is 4.08. The van der Waals surface area contributed by atoms with Crippen LogP contribution in [0.3, 0.4) is 0 Å². The molecule has 1 N–H and O–H groups in total.